The molecule has 21 heteroatoms. The maximum Gasteiger partial charge on any atom is 0.242 e. The van der Waals surface area contributed by atoms with Gasteiger partial charge in [0.2, 0.25) is 11.8 Å². The van der Waals surface area contributed by atoms with Gasteiger partial charge in [-0.3, -0.25) is 14.6 Å². The summed E-state index contributed by atoms with van der Waals surface area (Å²) in [6, 6.07) is -3.91. The molecule has 0 aromatic carbocycles. The van der Waals surface area contributed by atoms with Gasteiger partial charge in [-0.05, 0) is 19.3 Å². The van der Waals surface area contributed by atoms with Crippen molar-refractivity contribution in [2.75, 3.05) is 18.8 Å². The molecule has 1 aliphatic carbocycles. The summed E-state index contributed by atoms with van der Waals surface area (Å²) in [4.78, 5) is 42.3. The zero-order valence-electron chi connectivity index (χ0n) is 24.9. The van der Waals surface area contributed by atoms with Gasteiger partial charge in [-0.1, -0.05) is 0 Å². The van der Waals surface area contributed by atoms with E-state index in [1.807, 2.05) is 0 Å². The Morgan fingerprint density at radius 1 is 1.07 bits per heavy atom. The molecule has 2 fully saturated rings. The number of aliphatic hydroxyl groups excluding tert-OH is 4. The highest BCUT2D eigenvalue weighted by Crippen LogP contribution is 2.27. The van der Waals surface area contributed by atoms with Crippen LogP contribution in [0.15, 0.2) is 17.6 Å². The third kappa shape index (κ3) is 8.12. The lowest BCUT2D eigenvalue weighted by atomic mass is 9.84. The number of anilines is 1. The Kier molecular flexibility index (Phi) is 11.6. The van der Waals surface area contributed by atoms with Crippen LogP contribution < -0.4 is 45.0 Å². The molecule has 0 bridgehead atoms. The number of hydrogen-bond acceptors (Lipinski definition) is 16. The third-order valence-corrected chi connectivity index (χ3v) is 7.95. The number of amides is 2. The summed E-state index contributed by atoms with van der Waals surface area (Å²) in [5.74, 6) is -1.17. The van der Waals surface area contributed by atoms with Crippen LogP contribution in [0.1, 0.15) is 19.3 Å². The lowest BCUT2D eigenvalue weighted by Crippen LogP contribution is -2.67. The summed E-state index contributed by atoms with van der Waals surface area (Å²) < 4.78 is 13.0. The molecule has 2 aromatic heterocycles. The first kappa shape index (κ1) is 35.1. The Morgan fingerprint density at radius 2 is 1.80 bits per heavy atom. The normalized spacial score (nSPS) is 32.1. The molecule has 2 amide bonds. The van der Waals surface area contributed by atoms with Crippen molar-refractivity contribution in [1.82, 2.24) is 30.2 Å². The summed E-state index contributed by atoms with van der Waals surface area (Å²) in [6.45, 7) is -0.390. The number of aliphatic imine (C=N–C) groups is 1. The fourth-order valence-electron chi connectivity index (χ4n) is 5.37. The molecule has 2 aromatic rings. The Labute approximate surface area is 262 Å². The van der Waals surface area contributed by atoms with Gasteiger partial charge >= 0.3 is 0 Å². The molecule has 18 N–H and O–H groups in total. The van der Waals surface area contributed by atoms with Gasteiger partial charge in [-0.15, -0.1) is 0 Å². The number of nitrogens with two attached hydrogens (primary N) is 6. The molecule has 1 saturated carbocycles. The quantitative estimate of drug-likeness (QED) is 0.0575. The first-order valence-electron chi connectivity index (χ1n) is 14.6. The maximum atomic E-state index is 13.3. The van der Waals surface area contributed by atoms with Crippen LogP contribution in [0.2, 0.25) is 0 Å². The van der Waals surface area contributed by atoms with Crippen molar-refractivity contribution in [2.45, 2.75) is 92.9 Å². The van der Waals surface area contributed by atoms with Gasteiger partial charge in [0.15, 0.2) is 23.7 Å². The predicted molar refractivity (Wildman–Crippen MR) is 161 cm³/mol. The van der Waals surface area contributed by atoms with Crippen molar-refractivity contribution in [3.63, 3.8) is 0 Å². The second-order valence-electron chi connectivity index (χ2n) is 11.4. The van der Waals surface area contributed by atoms with Gasteiger partial charge in [-0.25, -0.2) is 15.0 Å². The van der Waals surface area contributed by atoms with Crippen molar-refractivity contribution in [1.29, 1.82) is 0 Å². The van der Waals surface area contributed by atoms with Crippen molar-refractivity contribution in [3.8, 4) is 0 Å². The highest BCUT2D eigenvalue weighted by atomic mass is 16.7. The SMILES string of the molecule is NC(N)=NCCC[C@H](NC(=O)Cn1cnc2c(N)ncnc21)C(=O)NC[C@H]1O[C@H](OC2C(N)CC(N)C(O)C2O)[C@H](N)[C@@H](O)[C@@H]1O. The molecule has 4 rings (SSSR count). The monoisotopic (exact) mass is 653 g/mol. The van der Waals surface area contributed by atoms with E-state index in [0.29, 0.717) is 17.6 Å². The fraction of sp³-hybridized carbons (Fsp3) is 0.680. The molecule has 0 radical (unpaired) electrons. The van der Waals surface area contributed by atoms with E-state index >= 15 is 0 Å². The third-order valence-electron chi connectivity index (χ3n) is 7.95. The summed E-state index contributed by atoms with van der Waals surface area (Å²) in [5.41, 5.74) is 35.1. The van der Waals surface area contributed by atoms with E-state index in [9.17, 15) is 30.0 Å². The number of imidazole rings is 1. The average Bonchev–Trinajstić information content (AvgIpc) is 3.42. The van der Waals surface area contributed by atoms with Crippen molar-refractivity contribution in [3.05, 3.63) is 12.7 Å². The van der Waals surface area contributed by atoms with E-state index in [2.05, 4.69) is 30.6 Å². The van der Waals surface area contributed by atoms with E-state index in [1.54, 1.807) is 0 Å². The van der Waals surface area contributed by atoms with E-state index in [4.69, 9.17) is 43.9 Å². The zero-order valence-corrected chi connectivity index (χ0v) is 24.9. The van der Waals surface area contributed by atoms with E-state index in [-0.39, 0.29) is 44.3 Å². The average molecular weight is 654 g/mol. The Balaban J connectivity index is 1.40. The second-order valence-corrected chi connectivity index (χ2v) is 11.4. The highest BCUT2D eigenvalue weighted by Gasteiger charge is 2.48. The van der Waals surface area contributed by atoms with Crippen LogP contribution >= 0.6 is 0 Å². The highest BCUT2D eigenvalue weighted by molar-refractivity contribution is 5.88. The predicted octanol–water partition coefficient (Wildman–Crippen LogP) is -7.00. The first-order valence-corrected chi connectivity index (χ1v) is 14.6. The lowest BCUT2D eigenvalue weighted by Gasteiger charge is -2.46. The lowest BCUT2D eigenvalue weighted by molar-refractivity contribution is -0.288. The van der Waals surface area contributed by atoms with Gasteiger partial charge in [0.1, 0.15) is 55.0 Å². The number of aliphatic hydroxyl groups is 4. The summed E-state index contributed by atoms with van der Waals surface area (Å²) >= 11 is 0. The Morgan fingerprint density at radius 3 is 2.52 bits per heavy atom. The Hall–Kier alpha value is -3.80. The van der Waals surface area contributed by atoms with Crippen LogP contribution in [0.4, 0.5) is 5.82 Å². The smallest absolute Gasteiger partial charge is 0.242 e. The maximum absolute atomic E-state index is 13.3. The van der Waals surface area contributed by atoms with E-state index in [1.165, 1.54) is 17.2 Å². The number of nitrogen functional groups attached to an aromatic ring is 1. The topological polar surface area (TPSA) is 370 Å². The number of nitrogens with one attached hydrogen (secondary N) is 2. The number of hydrogen-bond donors (Lipinski definition) is 12. The molecule has 2 aliphatic rings. The largest absolute Gasteiger partial charge is 0.389 e. The number of guanidine groups is 1. The van der Waals surface area contributed by atoms with Crippen LogP contribution in [-0.4, -0.2) is 138 Å². The van der Waals surface area contributed by atoms with Crippen molar-refractivity contribution in [2.24, 2.45) is 33.7 Å². The number of fused-ring (bicyclic) bond motifs is 1. The number of aromatic nitrogens is 4. The minimum absolute atomic E-state index is 0.128. The second kappa shape index (κ2) is 15.2. The van der Waals surface area contributed by atoms with Crippen molar-refractivity contribution >= 4 is 34.8 Å². The molecule has 21 nitrogen and oxygen atoms in total. The molecule has 256 valence electrons. The number of ether oxygens (including phenoxy) is 2. The number of rotatable bonds is 12. The van der Waals surface area contributed by atoms with Gasteiger partial charge in [-0.2, -0.15) is 0 Å². The molecule has 5 unspecified atom stereocenters. The van der Waals surface area contributed by atoms with Crippen LogP contribution in [-0.2, 0) is 25.6 Å². The van der Waals surface area contributed by atoms with Crippen LogP contribution in [0.3, 0.4) is 0 Å². The number of carbonyl (C=O) groups is 2. The molecule has 0 spiro atoms. The first-order chi connectivity index (χ1) is 21.8. The molecular formula is C25H43N13O8. The van der Waals surface area contributed by atoms with Crippen LogP contribution in [0.25, 0.3) is 11.2 Å². The van der Waals surface area contributed by atoms with Gasteiger partial charge in [0.25, 0.3) is 0 Å². The molecule has 1 aliphatic heterocycles. The van der Waals surface area contributed by atoms with E-state index < -0.39 is 78.9 Å². The summed E-state index contributed by atoms with van der Waals surface area (Å²) in [7, 11) is 0. The summed E-state index contributed by atoms with van der Waals surface area (Å²) in [6.07, 6.45) is -6.47. The molecule has 11 atom stereocenters. The summed E-state index contributed by atoms with van der Waals surface area (Å²) in [5, 5.41) is 47.2. The van der Waals surface area contributed by atoms with Crippen LogP contribution in [0, 0.1) is 0 Å². The standard InChI is InChI=1S/C25H43N13O8/c26-9-4-10(27)20(19(43)16(9)40)46-24-14(28)18(42)17(41)12(45-24)5-33-23(44)11(2-1-3-32-25(30)31)37-13(39)6-38-8-36-15-21(29)34-7-35-22(15)38/h7-12,14,16-20,24,40-43H,1-6,26-28H2,(H,33,44)(H,37,39)(H2,29,34,35)(H4,30,31,32)/t9?,10?,11-,12+,14+,16?,17+,18+,19?,20?,24+/m0/s1. The van der Waals surface area contributed by atoms with Crippen molar-refractivity contribution < 1.29 is 39.5 Å². The minimum Gasteiger partial charge on any atom is -0.389 e. The zero-order chi connectivity index (χ0) is 33.7. The number of carbonyl (C=O) groups excluding carboxylic acids is 2. The van der Waals surface area contributed by atoms with Gasteiger partial charge < -0.3 is 79.5 Å². The fourth-order valence-corrected chi connectivity index (χ4v) is 5.37. The molecule has 46 heavy (non-hydrogen) atoms. The van der Waals surface area contributed by atoms with Gasteiger partial charge in [0.05, 0.1) is 18.5 Å². The molecule has 3 heterocycles. The van der Waals surface area contributed by atoms with Gasteiger partial charge in [0, 0.05) is 25.2 Å². The molecule has 1 saturated heterocycles. The minimum atomic E-state index is -1.55. The number of nitrogens with zero attached hydrogens (tertiary/aromatic N) is 5. The Bertz CT molecular complexity index is 1380. The van der Waals surface area contributed by atoms with E-state index in [0.717, 1.165) is 0 Å². The van der Waals surface area contributed by atoms with Crippen LogP contribution in [0.5, 0.6) is 0 Å². The molecular weight excluding hydrogens is 610 g/mol.